The molecule has 1 aliphatic rings. The molecular weight excluding hydrogens is 448 g/mol. The summed E-state index contributed by atoms with van der Waals surface area (Å²) in [5.41, 5.74) is 2.12. The van der Waals surface area contributed by atoms with Gasteiger partial charge in [-0.25, -0.2) is 9.79 Å². The molecule has 3 aromatic carbocycles. The van der Waals surface area contributed by atoms with Crippen molar-refractivity contribution in [2.24, 2.45) is 4.99 Å². The van der Waals surface area contributed by atoms with Crippen LogP contribution in [0.2, 0.25) is 5.02 Å². The zero-order chi connectivity index (χ0) is 23.4. The van der Waals surface area contributed by atoms with Gasteiger partial charge in [0.1, 0.15) is 6.61 Å². The average molecular weight is 465 g/mol. The minimum atomic E-state index is -0.567. The number of carbonyl (C=O) groups is 1. The summed E-state index contributed by atoms with van der Waals surface area (Å²) in [5, 5.41) is 11.1. The first-order valence-electron chi connectivity index (χ1n) is 9.76. The highest BCUT2D eigenvalue weighted by Gasteiger charge is 2.24. The molecule has 0 amide bonds. The molecule has 0 bridgehead atoms. The lowest BCUT2D eigenvalue weighted by atomic mass is 10.1. The molecular formula is C24H17ClN2O6. The maximum absolute atomic E-state index is 12.3. The summed E-state index contributed by atoms with van der Waals surface area (Å²) < 4.78 is 16.5. The summed E-state index contributed by atoms with van der Waals surface area (Å²) in [4.78, 5) is 26.9. The molecule has 1 aliphatic heterocycles. The van der Waals surface area contributed by atoms with Gasteiger partial charge in [0.05, 0.1) is 17.1 Å². The van der Waals surface area contributed by atoms with Gasteiger partial charge in [0, 0.05) is 17.7 Å². The van der Waals surface area contributed by atoms with Gasteiger partial charge in [0.15, 0.2) is 17.2 Å². The lowest BCUT2D eigenvalue weighted by Gasteiger charge is -2.13. The van der Waals surface area contributed by atoms with Crippen molar-refractivity contribution in [3.05, 3.63) is 104 Å². The van der Waals surface area contributed by atoms with Crippen molar-refractivity contribution < 1.29 is 23.9 Å². The van der Waals surface area contributed by atoms with Gasteiger partial charge < -0.3 is 14.2 Å². The van der Waals surface area contributed by atoms with Crippen molar-refractivity contribution in [1.29, 1.82) is 0 Å². The predicted octanol–water partition coefficient (Wildman–Crippen LogP) is 5.18. The predicted molar refractivity (Wildman–Crippen MR) is 122 cm³/mol. The first-order chi connectivity index (χ1) is 15.9. The van der Waals surface area contributed by atoms with Gasteiger partial charge in [-0.3, -0.25) is 10.1 Å². The van der Waals surface area contributed by atoms with Crippen molar-refractivity contribution in [3.63, 3.8) is 0 Å². The number of benzene rings is 3. The number of halogens is 1. The number of hydrogen-bond donors (Lipinski definition) is 0. The molecule has 33 heavy (non-hydrogen) atoms. The van der Waals surface area contributed by atoms with Gasteiger partial charge in [-0.05, 0) is 53.6 Å². The van der Waals surface area contributed by atoms with Crippen LogP contribution in [0.4, 0.5) is 5.69 Å². The molecule has 0 aliphatic carbocycles. The Morgan fingerprint density at radius 3 is 2.52 bits per heavy atom. The molecule has 0 fully saturated rings. The molecule has 0 aromatic heterocycles. The number of esters is 1. The van der Waals surface area contributed by atoms with Gasteiger partial charge in [0.25, 0.3) is 5.69 Å². The Labute approximate surface area is 193 Å². The Bertz CT molecular complexity index is 1270. The lowest BCUT2D eigenvalue weighted by molar-refractivity contribution is -0.384. The third kappa shape index (κ3) is 5.02. The van der Waals surface area contributed by atoms with Crippen LogP contribution in [0.5, 0.6) is 11.5 Å². The molecule has 4 rings (SSSR count). The number of carbonyl (C=O) groups excluding carboxylic acids is 1. The van der Waals surface area contributed by atoms with Crippen LogP contribution in [0.15, 0.2) is 77.4 Å². The highest BCUT2D eigenvalue weighted by molar-refractivity contribution is 6.32. The number of nitro groups is 1. The number of hydrogen-bond acceptors (Lipinski definition) is 7. The minimum absolute atomic E-state index is 0.00438. The fraction of sp³-hybridized carbons (Fsp3) is 0.0833. The van der Waals surface area contributed by atoms with Crippen LogP contribution >= 0.6 is 11.6 Å². The Morgan fingerprint density at radius 2 is 1.85 bits per heavy atom. The maximum atomic E-state index is 12.3. The van der Waals surface area contributed by atoms with Gasteiger partial charge in [-0.15, -0.1) is 0 Å². The van der Waals surface area contributed by atoms with E-state index in [4.69, 9.17) is 25.8 Å². The van der Waals surface area contributed by atoms with Crippen molar-refractivity contribution in [3.8, 4) is 11.5 Å². The lowest BCUT2D eigenvalue weighted by Crippen LogP contribution is -2.05. The van der Waals surface area contributed by atoms with Crippen LogP contribution in [0.25, 0.3) is 6.08 Å². The molecule has 0 unspecified atom stereocenters. The molecule has 166 valence electrons. The highest BCUT2D eigenvalue weighted by atomic mass is 35.5. The van der Waals surface area contributed by atoms with E-state index in [1.165, 1.54) is 19.2 Å². The van der Waals surface area contributed by atoms with Gasteiger partial charge in [0.2, 0.25) is 5.90 Å². The number of nitro benzene ring substituents is 1. The Kier molecular flexibility index (Phi) is 6.37. The van der Waals surface area contributed by atoms with E-state index in [1.54, 1.807) is 42.5 Å². The normalized spacial score (nSPS) is 14.1. The van der Waals surface area contributed by atoms with Crippen LogP contribution in [0.1, 0.15) is 16.7 Å². The van der Waals surface area contributed by atoms with Crippen molar-refractivity contribution in [2.45, 2.75) is 6.61 Å². The Balaban J connectivity index is 1.55. The van der Waals surface area contributed by atoms with Crippen LogP contribution in [0.3, 0.4) is 0 Å². The van der Waals surface area contributed by atoms with Crippen LogP contribution < -0.4 is 9.47 Å². The smallest absolute Gasteiger partial charge is 0.363 e. The SMILES string of the molecule is COc1cc(C=C2N=C(c3ccccc3)OC2=O)cc(Cl)c1OCc1ccc([N+](=O)[O-])cc1. The van der Waals surface area contributed by atoms with Gasteiger partial charge in [-0.2, -0.15) is 0 Å². The third-order valence-corrected chi connectivity index (χ3v) is 5.01. The molecule has 1 heterocycles. The van der Waals surface area contributed by atoms with E-state index >= 15 is 0 Å². The highest BCUT2D eigenvalue weighted by Crippen LogP contribution is 2.38. The first kappa shape index (κ1) is 22.0. The summed E-state index contributed by atoms with van der Waals surface area (Å²) in [5.74, 6) is 0.326. The molecule has 0 saturated heterocycles. The van der Waals surface area contributed by atoms with E-state index in [0.29, 0.717) is 22.6 Å². The number of non-ortho nitro benzene ring substituents is 1. The second-order valence-electron chi connectivity index (χ2n) is 6.95. The molecule has 0 saturated carbocycles. The van der Waals surface area contributed by atoms with E-state index in [-0.39, 0.29) is 28.9 Å². The summed E-state index contributed by atoms with van der Waals surface area (Å²) >= 11 is 6.42. The fourth-order valence-corrected chi connectivity index (χ4v) is 3.38. The Hall–Kier alpha value is -4.17. The van der Waals surface area contributed by atoms with Crippen LogP contribution in [-0.4, -0.2) is 23.9 Å². The zero-order valence-corrected chi connectivity index (χ0v) is 18.1. The number of nitrogens with zero attached hydrogens (tertiary/aromatic N) is 2. The summed E-state index contributed by atoms with van der Waals surface area (Å²) in [6, 6.07) is 18.4. The second kappa shape index (κ2) is 9.54. The van der Waals surface area contributed by atoms with Crippen LogP contribution in [-0.2, 0) is 16.1 Å². The zero-order valence-electron chi connectivity index (χ0n) is 17.4. The number of rotatable bonds is 7. The van der Waals surface area contributed by atoms with Gasteiger partial charge in [-0.1, -0.05) is 29.8 Å². The number of methoxy groups -OCH3 is 1. The third-order valence-electron chi connectivity index (χ3n) is 4.73. The summed E-state index contributed by atoms with van der Waals surface area (Å²) in [7, 11) is 1.47. The van der Waals surface area contributed by atoms with E-state index < -0.39 is 10.9 Å². The van der Waals surface area contributed by atoms with Gasteiger partial charge >= 0.3 is 5.97 Å². The molecule has 0 atom stereocenters. The maximum Gasteiger partial charge on any atom is 0.363 e. The molecule has 8 nitrogen and oxygen atoms in total. The largest absolute Gasteiger partial charge is 0.493 e. The topological polar surface area (TPSA) is 100 Å². The first-order valence-corrected chi connectivity index (χ1v) is 10.1. The Morgan fingerprint density at radius 1 is 1.12 bits per heavy atom. The molecule has 3 aromatic rings. The van der Waals surface area contributed by atoms with E-state index in [9.17, 15) is 14.9 Å². The summed E-state index contributed by atoms with van der Waals surface area (Å²) in [6.07, 6.45) is 1.55. The van der Waals surface area contributed by atoms with E-state index in [2.05, 4.69) is 4.99 Å². The standard InChI is InChI=1S/C24H17ClN2O6/c1-31-21-13-16(12-20-24(28)33-23(26-20)17-5-3-2-4-6-17)11-19(25)22(21)32-14-15-7-9-18(10-8-15)27(29)30/h2-13H,14H2,1H3. The molecule has 0 N–H and O–H groups in total. The molecule has 9 heteroatoms. The molecule has 0 radical (unpaired) electrons. The fourth-order valence-electron chi connectivity index (χ4n) is 3.10. The monoisotopic (exact) mass is 464 g/mol. The van der Waals surface area contributed by atoms with Crippen molar-refractivity contribution in [2.75, 3.05) is 7.11 Å². The average Bonchev–Trinajstić information content (AvgIpc) is 3.19. The van der Waals surface area contributed by atoms with Crippen molar-refractivity contribution >= 4 is 35.2 Å². The minimum Gasteiger partial charge on any atom is -0.493 e. The van der Waals surface area contributed by atoms with Crippen molar-refractivity contribution in [1.82, 2.24) is 0 Å². The summed E-state index contributed by atoms with van der Waals surface area (Å²) in [6.45, 7) is 0.131. The number of cyclic esters (lactones) is 1. The quantitative estimate of drug-likeness (QED) is 0.207. The number of ether oxygens (including phenoxy) is 3. The molecule has 0 spiro atoms. The van der Waals surface area contributed by atoms with Crippen LogP contribution in [0, 0.1) is 10.1 Å². The van der Waals surface area contributed by atoms with E-state index in [1.807, 2.05) is 18.2 Å². The van der Waals surface area contributed by atoms with E-state index in [0.717, 1.165) is 5.56 Å². The number of aliphatic imine (C=N–C) groups is 1. The second-order valence-corrected chi connectivity index (χ2v) is 7.36.